The zero-order chi connectivity index (χ0) is 14.0. The Morgan fingerprint density at radius 2 is 2.11 bits per heavy atom. The van der Waals surface area contributed by atoms with Crippen molar-refractivity contribution in [3.05, 3.63) is 49.8 Å². The number of thiophene rings is 1. The van der Waals surface area contributed by atoms with Crippen molar-refractivity contribution in [1.82, 2.24) is 0 Å². The minimum Gasteiger partial charge on any atom is -0.483 e. The number of rotatable bonds is 4. The lowest BCUT2D eigenvalue weighted by atomic mass is 10.1. The Labute approximate surface area is 128 Å². The monoisotopic (exact) mass is 363 g/mol. The summed E-state index contributed by atoms with van der Waals surface area (Å²) in [6.45, 7) is 1.86. The molecule has 1 heterocycles. The Morgan fingerprint density at radius 1 is 1.37 bits per heavy atom. The van der Waals surface area contributed by atoms with Gasteiger partial charge in [-0.15, -0.1) is 11.3 Å². The topological polar surface area (TPSA) is 35.2 Å². The van der Waals surface area contributed by atoms with Gasteiger partial charge < -0.3 is 10.5 Å². The number of hydrogen-bond donors (Lipinski definition) is 1. The van der Waals surface area contributed by atoms with Gasteiger partial charge in [-0.3, -0.25) is 0 Å². The van der Waals surface area contributed by atoms with E-state index in [-0.39, 0.29) is 17.2 Å². The molecule has 0 aliphatic carbocycles. The van der Waals surface area contributed by atoms with Crippen LogP contribution in [0.5, 0.6) is 5.75 Å². The van der Waals surface area contributed by atoms with Gasteiger partial charge in [-0.05, 0) is 47.1 Å². The fourth-order valence-electron chi connectivity index (χ4n) is 1.60. The summed E-state index contributed by atoms with van der Waals surface area (Å²) >= 11 is 10.7. The van der Waals surface area contributed by atoms with Crippen LogP contribution in [0.3, 0.4) is 0 Å². The molecule has 0 aliphatic rings. The van der Waals surface area contributed by atoms with Gasteiger partial charge in [-0.2, -0.15) is 0 Å². The first-order valence-corrected chi connectivity index (χ1v) is 7.58. The SMILES string of the molecule is CC(N)C(Oc1ccc(F)c(Cl)c1)c1ccc(Br)s1. The van der Waals surface area contributed by atoms with Gasteiger partial charge >= 0.3 is 0 Å². The van der Waals surface area contributed by atoms with E-state index in [4.69, 9.17) is 22.1 Å². The van der Waals surface area contributed by atoms with Crippen molar-refractivity contribution in [2.75, 3.05) is 0 Å². The average molecular weight is 365 g/mol. The van der Waals surface area contributed by atoms with Crippen LogP contribution in [-0.4, -0.2) is 6.04 Å². The van der Waals surface area contributed by atoms with Crippen molar-refractivity contribution in [3.63, 3.8) is 0 Å². The molecule has 2 N–H and O–H groups in total. The summed E-state index contributed by atoms with van der Waals surface area (Å²) in [5, 5.41) is 0.0354. The zero-order valence-corrected chi connectivity index (χ0v) is 13.2. The van der Waals surface area contributed by atoms with Crippen LogP contribution >= 0.6 is 38.9 Å². The minimum absolute atomic E-state index is 0.0354. The smallest absolute Gasteiger partial charge is 0.148 e. The van der Waals surface area contributed by atoms with Crippen LogP contribution in [0.1, 0.15) is 17.9 Å². The van der Waals surface area contributed by atoms with Gasteiger partial charge in [-0.25, -0.2) is 4.39 Å². The third-order valence-corrected chi connectivity index (χ3v) is 4.48. The maximum absolute atomic E-state index is 13.1. The molecule has 1 aromatic heterocycles. The van der Waals surface area contributed by atoms with Crippen molar-refractivity contribution < 1.29 is 9.13 Å². The standard InChI is InChI=1S/C13H12BrClFNOS/c1-7(17)13(11-4-5-12(14)19-11)18-8-2-3-10(16)9(15)6-8/h2-7,13H,17H2,1H3. The second-order valence-corrected chi connectivity index (χ2v) is 7.02. The van der Waals surface area contributed by atoms with E-state index in [9.17, 15) is 4.39 Å². The maximum Gasteiger partial charge on any atom is 0.148 e. The van der Waals surface area contributed by atoms with E-state index in [1.165, 1.54) is 12.1 Å². The molecule has 6 heteroatoms. The Kier molecular flexibility index (Phi) is 4.84. The number of halogens is 3. The van der Waals surface area contributed by atoms with E-state index in [1.807, 2.05) is 19.1 Å². The summed E-state index contributed by atoms with van der Waals surface area (Å²) in [5.41, 5.74) is 5.95. The van der Waals surface area contributed by atoms with Crippen LogP contribution in [0.4, 0.5) is 4.39 Å². The fraction of sp³-hybridized carbons (Fsp3) is 0.231. The predicted molar refractivity (Wildman–Crippen MR) is 80.4 cm³/mol. The first kappa shape index (κ1) is 14.8. The molecule has 0 amide bonds. The summed E-state index contributed by atoms with van der Waals surface area (Å²) in [7, 11) is 0. The molecule has 0 radical (unpaired) electrons. The van der Waals surface area contributed by atoms with Crippen LogP contribution in [0.2, 0.25) is 5.02 Å². The number of hydrogen-bond acceptors (Lipinski definition) is 3. The largest absolute Gasteiger partial charge is 0.483 e. The lowest BCUT2D eigenvalue weighted by molar-refractivity contribution is 0.184. The van der Waals surface area contributed by atoms with Gasteiger partial charge in [0, 0.05) is 17.0 Å². The molecule has 2 atom stereocenters. The number of nitrogens with two attached hydrogens (primary N) is 1. The lowest BCUT2D eigenvalue weighted by Crippen LogP contribution is -2.28. The van der Waals surface area contributed by atoms with Gasteiger partial charge in [0.25, 0.3) is 0 Å². The highest BCUT2D eigenvalue weighted by Crippen LogP contribution is 2.33. The molecular formula is C13H12BrClFNOS. The van der Waals surface area contributed by atoms with E-state index in [0.29, 0.717) is 5.75 Å². The first-order valence-electron chi connectivity index (χ1n) is 5.60. The predicted octanol–water partition coefficient (Wildman–Crippen LogP) is 4.77. The molecule has 0 aliphatic heterocycles. The summed E-state index contributed by atoms with van der Waals surface area (Å²) < 4.78 is 19.9. The van der Waals surface area contributed by atoms with Crippen LogP contribution in [0.15, 0.2) is 34.1 Å². The van der Waals surface area contributed by atoms with Crippen molar-refractivity contribution >= 4 is 38.9 Å². The summed E-state index contributed by atoms with van der Waals surface area (Å²) in [5.74, 6) is 0.0310. The molecule has 19 heavy (non-hydrogen) atoms. The molecule has 0 saturated carbocycles. The highest BCUT2D eigenvalue weighted by atomic mass is 79.9. The zero-order valence-electron chi connectivity index (χ0n) is 10.1. The van der Waals surface area contributed by atoms with E-state index >= 15 is 0 Å². The molecule has 0 fully saturated rings. The summed E-state index contributed by atoms with van der Waals surface area (Å²) in [6, 6.07) is 7.97. The van der Waals surface area contributed by atoms with Crippen LogP contribution < -0.4 is 10.5 Å². The molecule has 0 bridgehead atoms. The Bertz CT molecular complexity index is 576. The lowest BCUT2D eigenvalue weighted by Gasteiger charge is -2.21. The average Bonchev–Trinajstić information content (AvgIpc) is 2.76. The fourth-order valence-corrected chi connectivity index (χ4v) is 3.34. The van der Waals surface area contributed by atoms with Crippen LogP contribution in [-0.2, 0) is 0 Å². The minimum atomic E-state index is -0.467. The van der Waals surface area contributed by atoms with Gasteiger partial charge in [-0.1, -0.05) is 11.6 Å². The molecule has 102 valence electrons. The molecule has 2 rings (SSSR count). The van der Waals surface area contributed by atoms with Gasteiger partial charge in [0.1, 0.15) is 17.7 Å². The highest BCUT2D eigenvalue weighted by Gasteiger charge is 2.20. The van der Waals surface area contributed by atoms with E-state index in [2.05, 4.69) is 15.9 Å². The summed E-state index contributed by atoms with van der Waals surface area (Å²) in [4.78, 5) is 1.00. The normalized spacial score (nSPS) is 14.2. The number of benzene rings is 1. The third kappa shape index (κ3) is 3.69. The first-order chi connectivity index (χ1) is 8.97. The number of ether oxygens (including phenoxy) is 1. The van der Waals surface area contributed by atoms with Crippen LogP contribution in [0, 0.1) is 5.82 Å². The molecule has 0 spiro atoms. The molecule has 2 unspecified atom stereocenters. The van der Waals surface area contributed by atoms with Gasteiger partial charge in [0.05, 0.1) is 8.81 Å². The molecule has 0 saturated heterocycles. The van der Waals surface area contributed by atoms with Crippen molar-refractivity contribution in [3.8, 4) is 5.75 Å². The molecule has 2 nitrogen and oxygen atoms in total. The second-order valence-electron chi connectivity index (χ2n) is 4.12. The highest BCUT2D eigenvalue weighted by molar-refractivity contribution is 9.11. The van der Waals surface area contributed by atoms with Crippen LogP contribution in [0.25, 0.3) is 0 Å². The van der Waals surface area contributed by atoms with Gasteiger partial charge in [0.15, 0.2) is 0 Å². The van der Waals surface area contributed by atoms with Crippen molar-refractivity contribution in [2.45, 2.75) is 19.1 Å². The Morgan fingerprint density at radius 3 is 2.63 bits per heavy atom. The summed E-state index contributed by atoms with van der Waals surface area (Å²) in [6.07, 6.45) is -0.294. The molecule has 1 aromatic carbocycles. The Balaban J connectivity index is 2.23. The second kappa shape index (κ2) is 6.22. The quantitative estimate of drug-likeness (QED) is 0.848. The van der Waals surface area contributed by atoms with E-state index in [1.54, 1.807) is 17.4 Å². The third-order valence-electron chi connectivity index (χ3n) is 2.51. The van der Waals surface area contributed by atoms with E-state index in [0.717, 1.165) is 8.66 Å². The molecule has 2 aromatic rings. The van der Waals surface area contributed by atoms with Crippen molar-refractivity contribution in [1.29, 1.82) is 0 Å². The van der Waals surface area contributed by atoms with E-state index < -0.39 is 5.82 Å². The van der Waals surface area contributed by atoms with Crippen molar-refractivity contribution in [2.24, 2.45) is 5.73 Å². The maximum atomic E-state index is 13.1. The van der Waals surface area contributed by atoms with Gasteiger partial charge in [0.2, 0.25) is 0 Å². The Hall–Kier alpha value is -0.620. The molecular weight excluding hydrogens is 353 g/mol.